The van der Waals surface area contributed by atoms with E-state index in [0.29, 0.717) is 29.9 Å². The van der Waals surface area contributed by atoms with Crippen LogP contribution in [0.1, 0.15) is 12.0 Å². The normalized spacial score (nSPS) is 20.6. The van der Waals surface area contributed by atoms with Gasteiger partial charge in [0.25, 0.3) is 0 Å². The molecular weight excluding hydrogens is 346 g/mol. The van der Waals surface area contributed by atoms with Crippen molar-refractivity contribution in [2.75, 3.05) is 6.61 Å². The van der Waals surface area contributed by atoms with E-state index in [0.717, 1.165) is 17.2 Å². The van der Waals surface area contributed by atoms with E-state index >= 15 is 0 Å². The minimum absolute atomic E-state index is 0.0392. The largest absolute Gasteiger partial charge is 0.492 e. The summed E-state index contributed by atoms with van der Waals surface area (Å²) in [7, 11) is 0. The molecule has 0 spiro atoms. The summed E-state index contributed by atoms with van der Waals surface area (Å²) in [6.45, 7) is 0.320. The molecule has 2 aromatic carbocycles. The van der Waals surface area contributed by atoms with Crippen molar-refractivity contribution < 1.29 is 19.7 Å². The Morgan fingerprint density at radius 2 is 1.78 bits per heavy atom. The van der Waals surface area contributed by atoms with Gasteiger partial charge in [0.2, 0.25) is 0 Å². The molecule has 0 aromatic heterocycles. The van der Waals surface area contributed by atoms with Gasteiger partial charge >= 0.3 is 5.97 Å². The number of aliphatic hydroxyl groups excluding tert-OH is 1. The fraction of sp³-hybridized carbons (Fsp3) is 0.200. The first-order chi connectivity index (χ1) is 12.9. The minimum atomic E-state index is -1.07. The van der Waals surface area contributed by atoms with Crippen molar-refractivity contribution in [1.82, 2.24) is 5.32 Å². The first-order valence-electron chi connectivity index (χ1n) is 8.47. The van der Waals surface area contributed by atoms with Crippen LogP contribution in [0.15, 0.2) is 60.2 Å². The van der Waals surface area contributed by atoms with Gasteiger partial charge in [-0.2, -0.15) is 0 Å². The summed E-state index contributed by atoms with van der Waals surface area (Å²) in [6, 6.07) is 14.9. The summed E-state index contributed by atoms with van der Waals surface area (Å²) in [5, 5.41) is 28.9. The predicted octanol–water partition coefficient (Wildman–Crippen LogP) is 1.71. The van der Waals surface area contributed by atoms with Gasteiger partial charge in [-0.05, 0) is 35.3 Å². The highest BCUT2D eigenvalue weighted by Gasteiger charge is 2.27. The van der Waals surface area contributed by atoms with Crippen LogP contribution in [0.25, 0.3) is 11.1 Å². The van der Waals surface area contributed by atoms with E-state index in [-0.39, 0.29) is 11.9 Å². The van der Waals surface area contributed by atoms with Gasteiger partial charge in [0.1, 0.15) is 24.4 Å². The Morgan fingerprint density at radius 3 is 2.33 bits per heavy atom. The highest BCUT2D eigenvalue weighted by Crippen LogP contribution is 2.24. The van der Waals surface area contributed by atoms with Crippen LogP contribution < -0.4 is 15.8 Å². The number of carboxylic acid groups (broad SMARTS) is 1. The average molecular weight is 367 g/mol. The van der Waals surface area contributed by atoms with Crippen molar-refractivity contribution in [2.45, 2.75) is 18.7 Å². The molecule has 0 bridgehead atoms. The third kappa shape index (κ3) is 4.72. The molecule has 7 heteroatoms. The average Bonchev–Trinajstić information content (AvgIpc) is 2.99. The third-order valence-electron chi connectivity index (χ3n) is 4.37. The van der Waals surface area contributed by atoms with Gasteiger partial charge in [0.05, 0.1) is 0 Å². The molecule has 0 amide bonds. The van der Waals surface area contributed by atoms with Crippen molar-refractivity contribution in [2.24, 2.45) is 5.73 Å². The number of carbonyl (C=O) groups is 1. The van der Waals surface area contributed by atoms with E-state index in [4.69, 9.17) is 21.0 Å². The second-order valence-electron chi connectivity index (χ2n) is 6.35. The zero-order valence-corrected chi connectivity index (χ0v) is 14.6. The fourth-order valence-electron chi connectivity index (χ4n) is 2.97. The topological polar surface area (TPSA) is 129 Å². The van der Waals surface area contributed by atoms with Crippen LogP contribution in [0.4, 0.5) is 0 Å². The lowest BCUT2D eigenvalue weighted by atomic mass is 10.0. The number of hydrogen-bond acceptors (Lipinski definition) is 5. The highest BCUT2D eigenvalue weighted by atomic mass is 16.5. The summed E-state index contributed by atoms with van der Waals surface area (Å²) in [5.74, 6) is -0.345. The molecule has 1 aliphatic rings. The van der Waals surface area contributed by atoms with Gasteiger partial charge in [-0.25, -0.2) is 4.79 Å². The van der Waals surface area contributed by atoms with Gasteiger partial charge in [-0.1, -0.05) is 36.4 Å². The molecule has 1 heterocycles. The van der Waals surface area contributed by atoms with Gasteiger partial charge in [-0.15, -0.1) is 0 Å². The smallest absolute Gasteiger partial charge is 0.328 e. The monoisotopic (exact) mass is 367 g/mol. The number of aliphatic carboxylic acids is 1. The number of nitrogens with one attached hydrogen (secondary N) is 2. The summed E-state index contributed by atoms with van der Waals surface area (Å²) in [4.78, 5) is 10.7. The zero-order valence-electron chi connectivity index (χ0n) is 14.6. The molecule has 0 radical (unpaired) electrons. The molecule has 1 aliphatic heterocycles. The third-order valence-corrected chi connectivity index (χ3v) is 4.37. The standard InChI is InChI=1S/C20H21N3O4/c21-19(22)14-3-1-12(2-4-14)13-5-7-17(8-6-13)27-11-16-9-15(10-18(24)25)20(26)23-16/h1-8,10,16,20,23,26H,9,11H2,(H3,21,22)(H,24,25)/b15-10-. The van der Waals surface area contributed by atoms with Gasteiger partial charge in [0, 0.05) is 17.7 Å². The maximum Gasteiger partial charge on any atom is 0.328 e. The van der Waals surface area contributed by atoms with Crippen LogP contribution in [-0.4, -0.2) is 40.9 Å². The Hall–Kier alpha value is -3.16. The maximum atomic E-state index is 10.7. The van der Waals surface area contributed by atoms with Crippen LogP contribution >= 0.6 is 0 Å². The highest BCUT2D eigenvalue weighted by molar-refractivity contribution is 5.95. The van der Waals surface area contributed by atoms with Crippen LogP contribution in [0.3, 0.4) is 0 Å². The molecule has 2 unspecified atom stereocenters. The first kappa shape index (κ1) is 18.6. The van der Waals surface area contributed by atoms with Crippen LogP contribution in [0.5, 0.6) is 5.75 Å². The summed E-state index contributed by atoms with van der Waals surface area (Å²) >= 11 is 0. The number of aliphatic hydroxyl groups is 1. The molecule has 27 heavy (non-hydrogen) atoms. The van der Waals surface area contributed by atoms with Gasteiger partial charge in [0.15, 0.2) is 0 Å². The molecule has 1 fully saturated rings. The van der Waals surface area contributed by atoms with Crippen molar-refractivity contribution in [3.8, 4) is 16.9 Å². The number of rotatable bonds is 6. The molecule has 7 nitrogen and oxygen atoms in total. The molecular formula is C20H21N3O4. The lowest BCUT2D eigenvalue weighted by molar-refractivity contribution is -0.131. The van der Waals surface area contributed by atoms with Crippen molar-refractivity contribution >= 4 is 11.8 Å². The number of benzene rings is 2. The zero-order chi connectivity index (χ0) is 19.4. The summed E-state index contributed by atoms with van der Waals surface area (Å²) < 4.78 is 5.74. The second kappa shape index (κ2) is 8.03. The number of nitrogen functional groups attached to an aromatic ring is 1. The molecule has 0 saturated carbocycles. The van der Waals surface area contributed by atoms with Crippen LogP contribution in [0, 0.1) is 5.41 Å². The number of hydrogen-bond donors (Lipinski definition) is 5. The van der Waals surface area contributed by atoms with Gasteiger partial charge in [-0.3, -0.25) is 10.7 Å². The molecule has 2 aromatic rings. The van der Waals surface area contributed by atoms with Crippen LogP contribution in [0.2, 0.25) is 0 Å². The Kier molecular flexibility index (Phi) is 5.54. The Labute approximate surface area is 156 Å². The second-order valence-corrected chi connectivity index (χ2v) is 6.35. The molecule has 1 saturated heterocycles. The van der Waals surface area contributed by atoms with Crippen molar-refractivity contribution in [3.63, 3.8) is 0 Å². The van der Waals surface area contributed by atoms with E-state index in [2.05, 4.69) is 5.32 Å². The Balaban J connectivity index is 1.58. The molecule has 140 valence electrons. The molecule has 0 aliphatic carbocycles. The van der Waals surface area contributed by atoms with E-state index in [1.807, 2.05) is 36.4 Å². The lowest BCUT2D eigenvalue weighted by Crippen LogP contribution is -2.33. The summed E-state index contributed by atoms with van der Waals surface area (Å²) in [6.07, 6.45) is 0.507. The van der Waals surface area contributed by atoms with E-state index in [1.54, 1.807) is 12.1 Å². The van der Waals surface area contributed by atoms with Crippen molar-refractivity contribution in [3.05, 3.63) is 65.7 Å². The van der Waals surface area contributed by atoms with Crippen LogP contribution in [-0.2, 0) is 4.79 Å². The maximum absolute atomic E-state index is 10.7. The number of amidine groups is 1. The Morgan fingerprint density at radius 1 is 1.19 bits per heavy atom. The molecule has 2 atom stereocenters. The molecule has 6 N–H and O–H groups in total. The number of nitrogens with two attached hydrogens (primary N) is 1. The molecule has 3 rings (SSSR count). The quantitative estimate of drug-likeness (QED) is 0.300. The fourth-order valence-corrected chi connectivity index (χ4v) is 2.97. The van der Waals surface area contributed by atoms with E-state index in [9.17, 15) is 9.90 Å². The SMILES string of the molecule is N=C(N)c1ccc(-c2ccc(OCC3C/C(=C/C(=O)O)C(O)N3)cc2)cc1. The van der Waals surface area contributed by atoms with E-state index < -0.39 is 12.2 Å². The Bertz CT molecular complexity index is 860. The predicted molar refractivity (Wildman–Crippen MR) is 102 cm³/mol. The first-order valence-corrected chi connectivity index (χ1v) is 8.47. The number of ether oxygens (including phenoxy) is 1. The minimum Gasteiger partial charge on any atom is -0.492 e. The van der Waals surface area contributed by atoms with Gasteiger partial charge < -0.3 is 20.7 Å². The summed E-state index contributed by atoms with van der Waals surface area (Å²) in [5.41, 5.74) is 8.61. The lowest BCUT2D eigenvalue weighted by Gasteiger charge is -2.13. The van der Waals surface area contributed by atoms with E-state index in [1.165, 1.54) is 0 Å². The number of carboxylic acids is 1. The van der Waals surface area contributed by atoms with Crippen molar-refractivity contribution in [1.29, 1.82) is 5.41 Å².